The molecule has 1 saturated heterocycles. The Morgan fingerprint density at radius 3 is 2.68 bits per heavy atom. The third-order valence-corrected chi connectivity index (χ3v) is 4.79. The SMILES string of the molecule is Cc1nc2ccccc2n1CCNC(=O)C1(CN)CCOCC1.Cl.Cl. The molecule has 1 fully saturated rings. The highest BCUT2D eigenvalue weighted by Crippen LogP contribution is 2.29. The van der Waals surface area contributed by atoms with Gasteiger partial charge < -0.3 is 20.4 Å². The van der Waals surface area contributed by atoms with Gasteiger partial charge in [0.15, 0.2) is 0 Å². The summed E-state index contributed by atoms with van der Waals surface area (Å²) in [5.41, 5.74) is 7.49. The Morgan fingerprint density at radius 2 is 2.00 bits per heavy atom. The van der Waals surface area contributed by atoms with Gasteiger partial charge >= 0.3 is 0 Å². The number of carbonyl (C=O) groups excluding carboxylic acids is 1. The Bertz CT molecular complexity index is 699. The summed E-state index contributed by atoms with van der Waals surface area (Å²) in [6.07, 6.45) is 1.39. The molecule has 1 aliphatic heterocycles. The minimum Gasteiger partial charge on any atom is -0.381 e. The number of ether oxygens (including phenoxy) is 1. The first-order valence-corrected chi connectivity index (χ1v) is 8.14. The largest absolute Gasteiger partial charge is 0.381 e. The van der Waals surface area contributed by atoms with E-state index < -0.39 is 5.41 Å². The molecular formula is C17H26Cl2N4O2. The molecule has 1 aromatic heterocycles. The van der Waals surface area contributed by atoms with E-state index in [9.17, 15) is 4.79 Å². The van der Waals surface area contributed by atoms with Crippen LogP contribution in [0.4, 0.5) is 0 Å². The molecule has 2 aromatic rings. The van der Waals surface area contributed by atoms with E-state index in [1.165, 1.54) is 0 Å². The molecule has 3 rings (SSSR count). The third kappa shape index (κ3) is 4.44. The van der Waals surface area contributed by atoms with Gasteiger partial charge in [0, 0.05) is 32.8 Å². The highest BCUT2D eigenvalue weighted by Gasteiger charge is 2.38. The molecule has 0 aliphatic carbocycles. The first-order valence-electron chi connectivity index (χ1n) is 8.14. The molecule has 6 nitrogen and oxygen atoms in total. The summed E-state index contributed by atoms with van der Waals surface area (Å²) in [5.74, 6) is 1.01. The Labute approximate surface area is 160 Å². The summed E-state index contributed by atoms with van der Waals surface area (Å²) in [7, 11) is 0. The van der Waals surface area contributed by atoms with E-state index in [-0.39, 0.29) is 30.7 Å². The molecule has 0 spiro atoms. The molecule has 1 aromatic carbocycles. The van der Waals surface area contributed by atoms with Crippen LogP contribution in [0.1, 0.15) is 18.7 Å². The second-order valence-corrected chi connectivity index (χ2v) is 6.15. The van der Waals surface area contributed by atoms with Crippen molar-refractivity contribution in [3.05, 3.63) is 30.1 Å². The minimum absolute atomic E-state index is 0. The van der Waals surface area contributed by atoms with Gasteiger partial charge in [0.05, 0.1) is 16.4 Å². The van der Waals surface area contributed by atoms with E-state index in [4.69, 9.17) is 10.5 Å². The molecule has 3 N–H and O–H groups in total. The molecule has 25 heavy (non-hydrogen) atoms. The van der Waals surface area contributed by atoms with Gasteiger partial charge in [-0.05, 0) is 31.9 Å². The van der Waals surface area contributed by atoms with Gasteiger partial charge in [0.1, 0.15) is 5.82 Å². The molecule has 140 valence electrons. The number of aryl methyl sites for hydroxylation is 1. The van der Waals surface area contributed by atoms with Crippen LogP contribution in [0, 0.1) is 12.3 Å². The molecule has 0 atom stereocenters. The first-order chi connectivity index (χ1) is 11.2. The number of carbonyl (C=O) groups is 1. The maximum atomic E-state index is 12.6. The van der Waals surface area contributed by atoms with Crippen LogP contribution in [0.15, 0.2) is 24.3 Å². The number of rotatable bonds is 5. The lowest BCUT2D eigenvalue weighted by molar-refractivity contribution is -0.135. The van der Waals surface area contributed by atoms with Crippen LogP contribution in [-0.2, 0) is 16.1 Å². The highest BCUT2D eigenvalue weighted by molar-refractivity contribution is 5.85. The predicted octanol–water partition coefficient (Wildman–Crippen LogP) is 2.06. The van der Waals surface area contributed by atoms with E-state index in [0.29, 0.717) is 45.7 Å². The molecule has 0 saturated carbocycles. The number of para-hydroxylation sites is 2. The van der Waals surface area contributed by atoms with Crippen molar-refractivity contribution in [2.45, 2.75) is 26.3 Å². The van der Waals surface area contributed by atoms with Crippen LogP contribution >= 0.6 is 24.8 Å². The standard InChI is InChI=1S/C17H24N4O2.2ClH/c1-13-20-14-4-2-3-5-15(14)21(13)9-8-19-16(22)17(12-18)6-10-23-11-7-17;;/h2-5H,6-12,18H2,1H3,(H,19,22);2*1H. The van der Waals surface area contributed by atoms with E-state index in [1.54, 1.807) is 0 Å². The lowest BCUT2D eigenvalue weighted by Gasteiger charge is -2.34. The third-order valence-electron chi connectivity index (χ3n) is 4.79. The van der Waals surface area contributed by atoms with Crippen molar-refractivity contribution < 1.29 is 9.53 Å². The Hall–Kier alpha value is -1.34. The Morgan fingerprint density at radius 1 is 1.32 bits per heavy atom. The van der Waals surface area contributed by atoms with Crippen molar-refractivity contribution in [2.24, 2.45) is 11.1 Å². The monoisotopic (exact) mass is 388 g/mol. The van der Waals surface area contributed by atoms with Crippen LogP contribution in [0.5, 0.6) is 0 Å². The normalized spacial score (nSPS) is 15.9. The number of nitrogens with zero attached hydrogens (tertiary/aromatic N) is 2. The van der Waals surface area contributed by atoms with Crippen molar-refractivity contribution in [3.63, 3.8) is 0 Å². The topological polar surface area (TPSA) is 82.2 Å². The van der Waals surface area contributed by atoms with Crippen molar-refractivity contribution in [3.8, 4) is 0 Å². The fraction of sp³-hybridized carbons (Fsp3) is 0.529. The number of aromatic nitrogens is 2. The lowest BCUT2D eigenvalue weighted by atomic mass is 9.79. The maximum absolute atomic E-state index is 12.6. The summed E-state index contributed by atoms with van der Waals surface area (Å²) in [6, 6.07) is 8.04. The van der Waals surface area contributed by atoms with Gasteiger partial charge in [-0.15, -0.1) is 24.8 Å². The fourth-order valence-corrected chi connectivity index (χ4v) is 3.23. The predicted molar refractivity (Wildman–Crippen MR) is 104 cm³/mol. The smallest absolute Gasteiger partial charge is 0.227 e. The Kier molecular flexibility index (Phi) is 8.15. The zero-order valence-electron chi connectivity index (χ0n) is 14.4. The van der Waals surface area contributed by atoms with Crippen LogP contribution in [0.25, 0.3) is 11.0 Å². The second-order valence-electron chi connectivity index (χ2n) is 6.15. The highest BCUT2D eigenvalue weighted by atomic mass is 35.5. The molecule has 0 bridgehead atoms. The zero-order valence-corrected chi connectivity index (χ0v) is 16.0. The van der Waals surface area contributed by atoms with Gasteiger partial charge in [0.2, 0.25) is 5.91 Å². The second kappa shape index (κ2) is 9.38. The summed E-state index contributed by atoms with van der Waals surface area (Å²) >= 11 is 0. The van der Waals surface area contributed by atoms with E-state index in [1.807, 2.05) is 25.1 Å². The summed E-state index contributed by atoms with van der Waals surface area (Å²) < 4.78 is 7.49. The minimum atomic E-state index is -0.468. The number of hydrogen-bond donors (Lipinski definition) is 2. The van der Waals surface area contributed by atoms with Gasteiger partial charge in [-0.1, -0.05) is 12.1 Å². The molecule has 8 heteroatoms. The number of nitrogens with one attached hydrogen (secondary N) is 1. The molecule has 0 unspecified atom stereocenters. The number of amides is 1. The van der Waals surface area contributed by atoms with Crippen molar-refractivity contribution in [1.82, 2.24) is 14.9 Å². The van der Waals surface area contributed by atoms with Crippen molar-refractivity contribution >= 4 is 41.8 Å². The van der Waals surface area contributed by atoms with Crippen LogP contribution in [0.3, 0.4) is 0 Å². The average molecular weight is 389 g/mol. The van der Waals surface area contributed by atoms with E-state index >= 15 is 0 Å². The summed E-state index contributed by atoms with van der Waals surface area (Å²) in [6.45, 7) is 4.85. The number of benzene rings is 1. The first kappa shape index (κ1) is 21.7. The molecule has 1 aliphatic rings. The number of fused-ring (bicyclic) bond motifs is 1. The van der Waals surface area contributed by atoms with Crippen LogP contribution in [-0.4, -0.2) is 41.8 Å². The molecule has 1 amide bonds. The van der Waals surface area contributed by atoms with Gasteiger partial charge in [-0.25, -0.2) is 4.98 Å². The molecule has 0 radical (unpaired) electrons. The van der Waals surface area contributed by atoms with Gasteiger partial charge in [-0.2, -0.15) is 0 Å². The molecule has 2 heterocycles. The summed E-state index contributed by atoms with van der Waals surface area (Å²) in [4.78, 5) is 17.1. The quantitative estimate of drug-likeness (QED) is 0.820. The van der Waals surface area contributed by atoms with Gasteiger partial charge in [0.25, 0.3) is 0 Å². The van der Waals surface area contributed by atoms with E-state index in [2.05, 4.69) is 20.9 Å². The van der Waals surface area contributed by atoms with Gasteiger partial charge in [-0.3, -0.25) is 4.79 Å². The number of hydrogen-bond acceptors (Lipinski definition) is 4. The number of halogens is 2. The summed E-state index contributed by atoms with van der Waals surface area (Å²) in [5, 5.41) is 3.05. The molecular weight excluding hydrogens is 363 g/mol. The maximum Gasteiger partial charge on any atom is 0.227 e. The van der Waals surface area contributed by atoms with E-state index in [0.717, 1.165) is 16.9 Å². The van der Waals surface area contributed by atoms with Crippen molar-refractivity contribution in [1.29, 1.82) is 0 Å². The average Bonchev–Trinajstić information content (AvgIpc) is 2.91. The number of nitrogens with two attached hydrogens (primary N) is 1. The lowest BCUT2D eigenvalue weighted by Crippen LogP contribution is -2.49. The van der Waals surface area contributed by atoms with Crippen molar-refractivity contribution in [2.75, 3.05) is 26.3 Å². The Balaban J connectivity index is 0.00000156. The fourth-order valence-electron chi connectivity index (χ4n) is 3.23. The zero-order chi connectivity index (χ0) is 16.3. The van der Waals surface area contributed by atoms with Crippen LogP contribution < -0.4 is 11.1 Å². The van der Waals surface area contributed by atoms with Crippen LogP contribution in [0.2, 0.25) is 0 Å². The number of imidazole rings is 1.